The first-order valence-corrected chi connectivity index (χ1v) is 14.1. The van der Waals surface area contributed by atoms with Crippen LogP contribution in [0.2, 0.25) is 5.04 Å². The highest BCUT2D eigenvalue weighted by molar-refractivity contribution is 8.76. The molecule has 0 N–H and O–H groups in total. The van der Waals surface area contributed by atoms with Crippen LogP contribution in [0.1, 0.15) is 33.6 Å². The lowest BCUT2D eigenvalue weighted by Crippen LogP contribution is -2.66. The number of unbranched alkanes of at least 4 members (excludes halogenated alkanes) is 1. The summed E-state index contributed by atoms with van der Waals surface area (Å²) in [7, 11) is 1.11. The maximum Gasteiger partial charge on any atom is 0.261 e. The molecule has 2 nitrogen and oxygen atoms in total. The van der Waals surface area contributed by atoms with Crippen molar-refractivity contribution >= 4 is 40.3 Å². The Labute approximate surface area is 174 Å². The summed E-state index contributed by atoms with van der Waals surface area (Å²) in [5.74, 6) is 0.761. The maximum absolute atomic E-state index is 6.87. The predicted molar refractivity (Wildman–Crippen MR) is 125 cm³/mol. The molecule has 5 heteroatoms. The van der Waals surface area contributed by atoms with Gasteiger partial charge in [0.25, 0.3) is 8.32 Å². The lowest BCUT2D eigenvalue weighted by molar-refractivity contribution is 0.170. The van der Waals surface area contributed by atoms with Crippen LogP contribution in [-0.4, -0.2) is 33.7 Å². The minimum Gasteiger partial charge on any atom is -0.407 e. The van der Waals surface area contributed by atoms with Crippen molar-refractivity contribution in [3.05, 3.63) is 60.7 Å². The number of benzene rings is 2. The highest BCUT2D eigenvalue weighted by atomic mass is 33.1. The third-order valence-corrected chi connectivity index (χ3v) is 11.2. The number of rotatable bonds is 11. The molecule has 148 valence electrons. The molecule has 2 aromatic rings. The van der Waals surface area contributed by atoms with E-state index in [-0.39, 0.29) is 5.04 Å². The molecule has 0 heterocycles. The summed E-state index contributed by atoms with van der Waals surface area (Å²) < 4.78 is 12.5. The van der Waals surface area contributed by atoms with Crippen molar-refractivity contribution in [2.75, 3.05) is 25.4 Å². The molecule has 0 unspecified atom stereocenters. The fourth-order valence-corrected chi connectivity index (χ4v) is 8.81. The Balaban J connectivity index is 2.15. The van der Waals surface area contributed by atoms with E-state index in [1.54, 1.807) is 21.6 Å². The molecule has 0 fully saturated rings. The fraction of sp³-hybridized carbons (Fsp3) is 0.455. The van der Waals surface area contributed by atoms with Crippen molar-refractivity contribution in [3.63, 3.8) is 0 Å². The minimum absolute atomic E-state index is 0.0429. The summed E-state index contributed by atoms with van der Waals surface area (Å²) in [5.41, 5.74) is 0. The van der Waals surface area contributed by atoms with Crippen LogP contribution in [0.25, 0.3) is 0 Å². The summed E-state index contributed by atoms with van der Waals surface area (Å²) >= 11 is 0. The molecule has 0 aliphatic carbocycles. The van der Waals surface area contributed by atoms with Gasteiger partial charge in [0.2, 0.25) is 0 Å². The molecule has 2 aromatic carbocycles. The van der Waals surface area contributed by atoms with Crippen LogP contribution in [-0.2, 0) is 9.16 Å². The van der Waals surface area contributed by atoms with Gasteiger partial charge in [-0.25, -0.2) is 0 Å². The van der Waals surface area contributed by atoms with Crippen LogP contribution < -0.4 is 10.4 Å². The Hall–Kier alpha value is -0.723. The van der Waals surface area contributed by atoms with Gasteiger partial charge in [-0.05, 0) is 34.5 Å². The Kier molecular flexibility index (Phi) is 9.46. The first-order valence-electron chi connectivity index (χ1n) is 9.51. The monoisotopic (exact) mass is 420 g/mol. The third-order valence-electron chi connectivity index (χ3n) is 4.67. The van der Waals surface area contributed by atoms with Gasteiger partial charge < -0.3 is 9.16 Å². The smallest absolute Gasteiger partial charge is 0.261 e. The van der Waals surface area contributed by atoms with Gasteiger partial charge >= 0.3 is 0 Å². The fourth-order valence-electron chi connectivity index (χ4n) is 3.43. The zero-order chi connectivity index (χ0) is 19.6. The second-order valence-corrected chi connectivity index (χ2v) is 14.3. The average molecular weight is 421 g/mol. The third kappa shape index (κ3) is 6.13. The standard InChI is InChI=1S/C22H32O2S2Si/c1-22(2,3)27(20-13-7-5-8-14-20,21-15-9-6-10-16-21)24-18-12-11-17-23-19-26-25-4/h5-10,13-16H,11-12,17-19H2,1-4H3. The molecule has 0 atom stereocenters. The van der Waals surface area contributed by atoms with E-state index in [9.17, 15) is 0 Å². The van der Waals surface area contributed by atoms with Crippen molar-refractivity contribution < 1.29 is 9.16 Å². The summed E-state index contributed by atoms with van der Waals surface area (Å²) in [6, 6.07) is 21.7. The predicted octanol–water partition coefficient (Wildman–Crippen LogP) is 5.33. The largest absolute Gasteiger partial charge is 0.407 e. The molecule has 0 spiro atoms. The molecule has 2 rings (SSSR count). The molecule has 0 aliphatic rings. The minimum atomic E-state index is -2.38. The van der Waals surface area contributed by atoms with Gasteiger partial charge in [-0.1, -0.05) is 103 Å². The molecule has 0 aromatic heterocycles. The zero-order valence-corrected chi connectivity index (χ0v) is 19.6. The van der Waals surface area contributed by atoms with E-state index in [1.165, 1.54) is 10.4 Å². The van der Waals surface area contributed by atoms with Crippen LogP contribution in [0, 0.1) is 0 Å². The van der Waals surface area contributed by atoms with E-state index in [4.69, 9.17) is 9.16 Å². The second-order valence-electron chi connectivity index (χ2n) is 7.53. The van der Waals surface area contributed by atoms with Gasteiger partial charge in [-0.3, -0.25) is 0 Å². The molecule has 0 saturated carbocycles. The van der Waals surface area contributed by atoms with Crippen molar-refractivity contribution in [2.24, 2.45) is 0 Å². The van der Waals surface area contributed by atoms with Crippen LogP contribution in [0.3, 0.4) is 0 Å². The van der Waals surface area contributed by atoms with E-state index in [2.05, 4.69) is 87.7 Å². The molecule has 27 heavy (non-hydrogen) atoms. The zero-order valence-electron chi connectivity index (χ0n) is 16.9. The van der Waals surface area contributed by atoms with E-state index in [0.29, 0.717) is 0 Å². The van der Waals surface area contributed by atoms with Crippen molar-refractivity contribution in [3.8, 4) is 0 Å². The quantitative estimate of drug-likeness (QED) is 0.212. The van der Waals surface area contributed by atoms with Crippen molar-refractivity contribution in [1.29, 1.82) is 0 Å². The number of hydrogen-bond donors (Lipinski definition) is 0. The number of ether oxygens (including phenoxy) is 1. The van der Waals surface area contributed by atoms with Crippen LogP contribution in [0.15, 0.2) is 60.7 Å². The van der Waals surface area contributed by atoms with Gasteiger partial charge in [-0.15, -0.1) is 0 Å². The van der Waals surface area contributed by atoms with Gasteiger partial charge in [0, 0.05) is 13.2 Å². The molecular formula is C22H32O2S2Si. The Morgan fingerprint density at radius 2 is 1.33 bits per heavy atom. The van der Waals surface area contributed by atoms with E-state index in [0.717, 1.165) is 32.0 Å². The lowest BCUT2D eigenvalue weighted by atomic mass is 10.2. The highest BCUT2D eigenvalue weighted by Crippen LogP contribution is 2.36. The summed E-state index contributed by atoms with van der Waals surface area (Å²) in [6.45, 7) is 8.54. The Morgan fingerprint density at radius 1 is 0.815 bits per heavy atom. The van der Waals surface area contributed by atoms with Crippen molar-refractivity contribution in [1.82, 2.24) is 0 Å². The first-order chi connectivity index (χ1) is 13.0. The Bertz CT molecular complexity index is 605. The van der Waals surface area contributed by atoms with E-state index >= 15 is 0 Å². The number of hydrogen-bond acceptors (Lipinski definition) is 4. The van der Waals surface area contributed by atoms with Crippen LogP contribution >= 0.6 is 21.6 Å². The Morgan fingerprint density at radius 3 is 1.81 bits per heavy atom. The summed E-state index contributed by atoms with van der Waals surface area (Å²) in [5, 5.41) is 2.73. The lowest BCUT2D eigenvalue weighted by Gasteiger charge is -2.43. The molecular weight excluding hydrogens is 388 g/mol. The van der Waals surface area contributed by atoms with Crippen LogP contribution in [0.5, 0.6) is 0 Å². The van der Waals surface area contributed by atoms with Crippen LogP contribution in [0.4, 0.5) is 0 Å². The molecule has 0 radical (unpaired) electrons. The van der Waals surface area contributed by atoms with Gasteiger partial charge in [0.05, 0.1) is 0 Å². The highest BCUT2D eigenvalue weighted by Gasteiger charge is 2.49. The topological polar surface area (TPSA) is 18.5 Å². The summed E-state index contributed by atoms with van der Waals surface area (Å²) in [4.78, 5) is 0. The normalized spacial score (nSPS) is 12.3. The summed E-state index contributed by atoms with van der Waals surface area (Å²) in [6.07, 6.45) is 4.13. The SMILES string of the molecule is CSSCOCCCCO[Si](c1ccccc1)(c1ccccc1)C(C)(C)C. The molecule has 0 aliphatic heterocycles. The first kappa shape index (κ1) is 22.6. The maximum atomic E-state index is 6.87. The van der Waals surface area contributed by atoms with Gasteiger partial charge in [0.15, 0.2) is 0 Å². The molecule has 0 saturated heterocycles. The average Bonchev–Trinajstić information content (AvgIpc) is 2.67. The van der Waals surface area contributed by atoms with Gasteiger partial charge in [0.1, 0.15) is 5.94 Å². The van der Waals surface area contributed by atoms with E-state index < -0.39 is 8.32 Å². The second kappa shape index (κ2) is 11.3. The van der Waals surface area contributed by atoms with E-state index in [1.807, 2.05) is 0 Å². The molecule has 0 bridgehead atoms. The van der Waals surface area contributed by atoms with Gasteiger partial charge in [-0.2, -0.15) is 0 Å². The van der Waals surface area contributed by atoms with Crippen molar-refractivity contribution in [2.45, 2.75) is 38.7 Å². The molecule has 0 amide bonds.